The number of allylic oxidation sites excluding steroid dienone is 2. The van der Waals surface area contributed by atoms with Crippen LogP contribution in [-0.2, 0) is 10.2 Å². The molecule has 0 amide bonds. The number of aromatic hydroxyl groups is 1. The van der Waals surface area contributed by atoms with Gasteiger partial charge in [-0.05, 0) is 30.5 Å². The smallest absolute Gasteiger partial charge is 0.148 e. The molecule has 2 fully saturated rings. The first kappa shape index (κ1) is 19.5. The molecule has 1 aliphatic carbocycles. The van der Waals surface area contributed by atoms with E-state index in [0.29, 0.717) is 11.8 Å². The Morgan fingerprint density at radius 3 is 2.93 bits per heavy atom. The Hall–Kier alpha value is -1.78. The molecule has 1 aromatic rings. The van der Waals surface area contributed by atoms with Crippen molar-refractivity contribution in [3.8, 4) is 5.75 Å². The van der Waals surface area contributed by atoms with Crippen LogP contribution in [0.5, 0.6) is 5.75 Å². The maximum atomic E-state index is 12.2. The number of carbonyl (C=O) groups excluding carboxylic acids is 1. The molecule has 4 atom stereocenters. The van der Waals surface area contributed by atoms with E-state index in [2.05, 4.69) is 31.3 Å². The Labute approximate surface area is 173 Å². The van der Waals surface area contributed by atoms with Crippen LogP contribution in [-0.4, -0.2) is 41.6 Å². The Morgan fingerprint density at radius 1 is 1.39 bits per heavy atom. The molecular weight excluding hydrogens is 372 g/mol. The highest BCUT2D eigenvalue weighted by Gasteiger charge is 2.68. The van der Waals surface area contributed by atoms with Gasteiger partial charge in [-0.2, -0.15) is 0 Å². The number of piperidine rings is 1. The summed E-state index contributed by atoms with van der Waals surface area (Å²) in [4.78, 5) is 12.2. The molecule has 1 unspecified atom stereocenters. The monoisotopic (exact) mass is 400 g/mol. The highest BCUT2D eigenvalue weighted by Crippen LogP contribution is 2.64. The van der Waals surface area contributed by atoms with Crippen LogP contribution in [0, 0.1) is 5.92 Å². The first-order valence-electron chi connectivity index (χ1n) is 10.4. The number of benzene rings is 1. The third kappa shape index (κ3) is 2.19. The van der Waals surface area contributed by atoms with Gasteiger partial charge in [0.2, 0.25) is 0 Å². The molecular formula is C23H29ClN2O2. The average Bonchev–Trinajstić information content (AvgIpc) is 3.21. The number of halogens is 1. The first-order valence-corrected chi connectivity index (χ1v) is 10.4. The SMILES string of the molecule is C/C=C1/C[N+]2(CCCC)CC[C@]34C(=C(C=O)[C@H]1C[C@@H]32)Nc1c(O)cccc14.[Cl-]. The number of aldehydes is 1. The summed E-state index contributed by atoms with van der Waals surface area (Å²) in [6, 6.07) is 6.37. The van der Waals surface area contributed by atoms with Crippen molar-refractivity contribution in [1.82, 2.24) is 0 Å². The van der Waals surface area contributed by atoms with E-state index in [0.717, 1.165) is 53.7 Å². The Morgan fingerprint density at radius 2 is 2.21 bits per heavy atom. The van der Waals surface area contributed by atoms with Gasteiger partial charge < -0.3 is 27.3 Å². The highest BCUT2D eigenvalue weighted by molar-refractivity contribution is 5.85. The normalized spacial score (nSPS) is 35.9. The summed E-state index contributed by atoms with van der Waals surface area (Å²) < 4.78 is 1.15. The standard InChI is InChI=1S/C23H28N2O2.ClH/c1-3-5-10-25-11-9-23-18-7-6-8-19(27)21(18)24-22(23)17(14-26)16(12-20(23)25)15(4-2)13-25;/h4,6-8,14,16,20H,3,5,9-13H2,1-2H3,(H-,24,26,27);1H/b15-4-;/t16-,20-,23+,25?;/m0./s1. The molecule has 4 aliphatic rings. The summed E-state index contributed by atoms with van der Waals surface area (Å²) in [6.45, 7) is 7.84. The van der Waals surface area contributed by atoms with E-state index in [4.69, 9.17) is 0 Å². The molecule has 4 nitrogen and oxygen atoms in total. The van der Waals surface area contributed by atoms with Crippen molar-refractivity contribution in [2.75, 3.05) is 25.0 Å². The third-order valence-corrected chi connectivity index (χ3v) is 7.92. The van der Waals surface area contributed by atoms with E-state index in [1.807, 2.05) is 6.07 Å². The van der Waals surface area contributed by atoms with Crippen molar-refractivity contribution >= 4 is 12.0 Å². The van der Waals surface area contributed by atoms with Crippen LogP contribution in [0.15, 0.2) is 41.1 Å². The van der Waals surface area contributed by atoms with Crippen LogP contribution in [0.25, 0.3) is 0 Å². The van der Waals surface area contributed by atoms with Gasteiger partial charge in [0, 0.05) is 30.0 Å². The summed E-state index contributed by atoms with van der Waals surface area (Å²) >= 11 is 0. The molecule has 28 heavy (non-hydrogen) atoms. The number of nitrogens with zero attached hydrogens (tertiary/aromatic N) is 1. The van der Waals surface area contributed by atoms with Crippen molar-refractivity contribution in [1.29, 1.82) is 0 Å². The minimum Gasteiger partial charge on any atom is -1.00 e. The molecule has 150 valence electrons. The number of hydrogen-bond donors (Lipinski definition) is 2. The average molecular weight is 401 g/mol. The summed E-state index contributed by atoms with van der Waals surface area (Å²) in [5.41, 5.74) is 5.34. The number of anilines is 1. The molecule has 2 bridgehead atoms. The van der Waals surface area contributed by atoms with E-state index in [1.54, 1.807) is 6.07 Å². The van der Waals surface area contributed by atoms with E-state index >= 15 is 0 Å². The van der Waals surface area contributed by atoms with E-state index in [-0.39, 0.29) is 23.7 Å². The number of carbonyl (C=O) groups is 1. The Kier molecular flexibility index (Phi) is 4.63. The van der Waals surface area contributed by atoms with Crippen LogP contribution in [0.4, 0.5) is 5.69 Å². The van der Waals surface area contributed by atoms with E-state index in [1.165, 1.54) is 30.5 Å². The van der Waals surface area contributed by atoms with Gasteiger partial charge >= 0.3 is 0 Å². The molecule has 1 aromatic carbocycles. The lowest BCUT2D eigenvalue weighted by Gasteiger charge is -2.53. The van der Waals surface area contributed by atoms with Crippen LogP contribution in [0.1, 0.15) is 45.1 Å². The van der Waals surface area contributed by atoms with Gasteiger partial charge in [0.15, 0.2) is 0 Å². The summed E-state index contributed by atoms with van der Waals surface area (Å²) in [5, 5.41) is 14.0. The number of nitrogens with one attached hydrogen (secondary N) is 1. The van der Waals surface area contributed by atoms with Gasteiger partial charge in [0.1, 0.15) is 24.6 Å². The van der Waals surface area contributed by atoms with Gasteiger partial charge in [0.05, 0.1) is 24.2 Å². The number of unbranched alkanes of at least 4 members (excludes halogenated alkanes) is 1. The van der Waals surface area contributed by atoms with Crippen molar-refractivity contribution in [2.45, 2.75) is 51.0 Å². The number of hydrogen-bond acceptors (Lipinski definition) is 3. The van der Waals surface area contributed by atoms with Gasteiger partial charge in [-0.15, -0.1) is 0 Å². The van der Waals surface area contributed by atoms with E-state index < -0.39 is 0 Å². The minimum absolute atomic E-state index is 0. The van der Waals surface area contributed by atoms with Crippen LogP contribution in [0.3, 0.4) is 0 Å². The fourth-order valence-electron chi connectivity index (χ4n) is 6.76. The molecule has 1 spiro atoms. The number of para-hydroxylation sites is 1. The number of quaternary nitrogens is 1. The molecule has 5 heteroatoms. The predicted octanol–water partition coefficient (Wildman–Crippen LogP) is 0.882. The first-order chi connectivity index (χ1) is 13.1. The fourth-order valence-corrected chi connectivity index (χ4v) is 6.76. The van der Waals surface area contributed by atoms with Gasteiger partial charge in [-0.3, -0.25) is 4.79 Å². The summed E-state index contributed by atoms with van der Waals surface area (Å²) in [7, 11) is 0. The number of fused-ring (bicyclic) bond motifs is 2. The number of phenols is 1. The van der Waals surface area contributed by atoms with E-state index in [9.17, 15) is 9.90 Å². The lowest BCUT2D eigenvalue weighted by Crippen LogP contribution is -3.00. The quantitative estimate of drug-likeness (QED) is 0.341. The zero-order chi connectivity index (χ0) is 18.8. The molecule has 3 heterocycles. The van der Waals surface area contributed by atoms with Crippen molar-refractivity contribution in [2.24, 2.45) is 5.92 Å². The Balaban J connectivity index is 0.00000192. The van der Waals surface area contributed by atoms with Crippen LogP contribution in [0.2, 0.25) is 0 Å². The molecule has 3 aliphatic heterocycles. The van der Waals surface area contributed by atoms with Gasteiger partial charge in [-0.1, -0.05) is 31.6 Å². The second kappa shape index (κ2) is 6.64. The summed E-state index contributed by atoms with van der Waals surface area (Å²) in [6.07, 6.45) is 7.91. The van der Waals surface area contributed by atoms with Crippen molar-refractivity contribution in [3.63, 3.8) is 0 Å². The van der Waals surface area contributed by atoms with Crippen LogP contribution >= 0.6 is 0 Å². The molecule has 0 radical (unpaired) electrons. The highest BCUT2D eigenvalue weighted by atomic mass is 35.5. The fraction of sp³-hybridized carbons (Fsp3) is 0.522. The predicted molar refractivity (Wildman–Crippen MR) is 107 cm³/mol. The zero-order valence-electron chi connectivity index (χ0n) is 16.7. The molecule has 2 N–H and O–H groups in total. The zero-order valence-corrected chi connectivity index (χ0v) is 17.4. The van der Waals surface area contributed by atoms with Crippen molar-refractivity contribution < 1.29 is 26.8 Å². The summed E-state index contributed by atoms with van der Waals surface area (Å²) in [5.74, 6) is 0.531. The molecule has 0 aromatic heterocycles. The van der Waals surface area contributed by atoms with Gasteiger partial charge in [-0.25, -0.2) is 0 Å². The second-order valence-corrected chi connectivity index (χ2v) is 8.84. The lowest BCUT2D eigenvalue weighted by molar-refractivity contribution is -0.941. The number of phenolic OH excluding ortho intramolecular Hbond substituents is 1. The maximum absolute atomic E-state index is 12.2. The largest absolute Gasteiger partial charge is 1.00 e. The second-order valence-electron chi connectivity index (χ2n) is 8.84. The molecule has 2 saturated heterocycles. The van der Waals surface area contributed by atoms with Crippen LogP contribution < -0.4 is 17.7 Å². The van der Waals surface area contributed by atoms with Gasteiger partial charge in [0.25, 0.3) is 0 Å². The maximum Gasteiger partial charge on any atom is 0.148 e. The topological polar surface area (TPSA) is 49.3 Å². The third-order valence-electron chi connectivity index (χ3n) is 7.92. The minimum atomic E-state index is -0.131. The lowest BCUT2D eigenvalue weighted by atomic mass is 9.61. The molecule has 5 rings (SSSR count). The number of rotatable bonds is 4. The van der Waals surface area contributed by atoms with Crippen molar-refractivity contribution in [3.05, 3.63) is 46.7 Å². The Bertz CT molecular complexity index is 893. The molecule has 0 saturated carbocycles.